The lowest BCUT2D eigenvalue weighted by atomic mass is 10.2. The van der Waals surface area contributed by atoms with Gasteiger partial charge in [0.15, 0.2) is 0 Å². The quantitative estimate of drug-likeness (QED) is 0.819. The fourth-order valence-corrected chi connectivity index (χ4v) is 2.29. The Morgan fingerprint density at radius 1 is 1.44 bits per heavy atom. The van der Waals surface area contributed by atoms with Crippen LogP contribution in [0.4, 0.5) is 0 Å². The number of aryl methyl sites for hydroxylation is 1. The summed E-state index contributed by atoms with van der Waals surface area (Å²) in [6.07, 6.45) is 0. The predicted octanol–water partition coefficient (Wildman–Crippen LogP) is 4.17. The van der Waals surface area contributed by atoms with Crippen LogP contribution >= 0.6 is 22.9 Å². The number of benzene rings is 1. The monoisotopic (exact) mass is 253 g/mol. The van der Waals surface area contributed by atoms with Crippen molar-refractivity contribution in [3.63, 3.8) is 0 Å². The van der Waals surface area contributed by atoms with E-state index in [1.165, 1.54) is 0 Å². The van der Waals surface area contributed by atoms with E-state index in [-0.39, 0.29) is 0 Å². The summed E-state index contributed by atoms with van der Waals surface area (Å²) in [6, 6.07) is 5.75. The molecule has 16 heavy (non-hydrogen) atoms. The molecule has 84 valence electrons. The molecule has 2 rings (SSSR count). The van der Waals surface area contributed by atoms with E-state index in [4.69, 9.17) is 16.3 Å². The molecule has 1 aromatic carbocycles. The summed E-state index contributed by atoms with van der Waals surface area (Å²) in [6.45, 7) is 4.55. The third-order valence-electron chi connectivity index (χ3n) is 2.15. The van der Waals surface area contributed by atoms with Crippen molar-refractivity contribution in [2.75, 3.05) is 6.61 Å². The van der Waals surface area contributed by atoms with Crippen LogP contribution in [0.15, 0.2) is 23.6 Å². The van der Waals surface area contributed by atoms with Gasteiger partial charge in [-0.1, -0.05) is 11.6 Å². The van der Waals surface area contributed by atoms with Gasteiger partial charge in [0.2, 0.25) is 0 Å². The zero-order chi connectivity index (χ0) is 11.5. The Labute approximate surface area is 104 Å². The molecule has 2 nitrogen and oxygen atoms in total. The minimum Gasteiger partial charge on any atom is -0.492 e. The van der Waals surface area contributed by atoms with Crippen LogP contribution in [0.3, 0.4) is 0 Å². The van der Waals surface area contributed by atoms with E-state index in [9.17, 15) is 0 Å². The van der Waals surface area contributed by atoms with Gasteiger partial charge in [-0.3, -0.25) is 0 Å². The molecule has 0 unspecified atom stereocenters. The molecule has 1 aromatic heterocycles. The third-order valence-corrected chi connectivity index (χ3v) is 3.22. The van der Waals surface area contributed by atoms with Crippen LogP contribution in [-0.2, 0) is 0 Å². The van der Waals surface area contributed by atoms with E-state index in [1.807, 2.05) is 37.4 Å². The highest BCUT2D eigenvalue weighted by atomic mass is 35.5. The van der Waals surface area contributed by atoms with Gasteiger partial charge < -0.3 is 4.74 Å². The smallest absolute Gasteiger partial charge is 0.137 e. The number of thiazole rings is 1. The highest BCUT2D eigenvalue weighted by Gasteiger charge is 2.06. The average Bonchev–Trinajstić information content (AvgIpc) is 2.68. The second kappa shape index (κ2) is 4.85. The van der Waals surface area contributed by atoms with Gasteiger partial charge in [-0.15, -0.1) is 11.3 Å². The molecule has 1 heterocycles. The molecule has 0 saturated carbocycles. The Morgan fingerprint density at radius 2 is 2.25 bits per heavy atom. The molecule has 0 fully saturated rings. The van der Waals surface area contributed by atoms with E-state index in [0.29, 0.717) is 11.6 Å². The Hall–Kier alpha value is -1.06. The standard InChI is InChI=1S/C12H12ClNOS/c1-3-15-12-5-4-9(6-10(12)13)11-7-16-8(2)14-11/h4-7H,3H2,1-2H3. The Kier molecular flexibility index (Phi) is 3.46. The maximum absolute atomic E-state index is 6.12. The van der Waals surface area contributed by atoms with E-state index in [1.54, 1.807) is 11.3 Å². The first kappa shape index (κ1) is 11.4. The van der Waals surface area contributed by atoms with Crippen molar-refractivity contribution >= 4 is 22.9 Å². The van der Waals surface area contributed by atoms with Crippen LogP contribution in [0, 0.1) is 6.92 Å². The first-order chi connectivity index (χ1) is 7.70. The summed E-state index contributed by atoms with van der Waals surface area (Å²) >= 11 is 7.75. The number of hydrogen-bond acceptors (Lipinski definition) is 3. The summed E-state index contributed by atoms with van der Waals surface area (Å²) in [5.41, 5.74) is 1.99. The Balaban J connectivity index is 2.34. The minimum absolute atomic E-state index is 0.620. The molecule has 0 aliphatic rings. The predicted molar refractivity (Wildman–Crippen MR) is 68.5 cm³/mol. The molecule has 0 atom stereocenters. The number of nitrogens with zero attached hydrogens (tertiary/aromatic N) is 1. The lowest BCUT2D eigenvalue weighted by Gasteiger charge is -2.06. The SMILES string of the molecule is CCOc1ccc(-c2csc(C)n2)cc1Cl. The molecule has 0 radical (unpaired) electrons. The molecule has 0 saturated heterocycles. The first-order valence-electron chi connectivity index (χ1n) is 5.05. The van der Waals surface area contributed by atoms with Gasteiger partial charge in [-0.05, 0) is 32.0 Å². The maximum Gasteiger partial charge on any atom is 0.137 e. The molecule has 2 aromatic rings. The number of aromatic nitrogens is 1. The average molecular weight is 254 g/mol. The molecule has 0 aliphatic carbocycles. The number of halogens is 1. The lowest BCUT2D eigenvalue weighted by Crippen LogP contribution is -1.92. The third kappa shape index (κ3) is 2.36. The zero-order valence-electron chi connectivity index (χ0n) is 9.16. The first-order valence-corrected chi connectivity index (χ1v) is 6.31. The van der Waals surface area contributed by atoms with Crippen molar-refractivity contribution in [3.8, 4) is 17.0 Å². The van der Waals surface area contributed by atoms with Gasteiger partial charge in [0.05, 0.1) is 22.3 Å². The molecule has 0 spiro atoms. The summed E-state index contributed by atoms with van der Waals surface area (Å²) in [4.78, 5) is 4.42. The molecule has 4 heteroatoms. The van der Waals surface area contributed by atoms with Crippen molar-refractivity contribution in [2.45, 2.75) is 13.8 Å². The highest BCUT2D eigenvalue weighted by molar-refractivity contribution is 7.09. The van der Waals surface area contributed by atoms with Crippen LogP contribution in [0.5, 0.6) is 5.75 Å². The number of rotatable bonds is 3. The molecule has 0 N–H and O–H groups in total. The zero-order valence-corrected chi connectivity index (χ0v) is 10.7. The molecule has 0 aliphatic heterocycles. The van der Waals surface area contributed by atoms with Crippen molar-refractivity contribution in [1.82, 2.24) is 4.98 Å². The van der Waals surface area contributed by atoms with Gasteiger partial charge in [-0.25, -0.2) is 4.98 Å². The minimum atomic E-state index is 0.620. The second-order valence-corrected chi connectivity index (χ2v) is 4.80. The van der Waals surface area contributed by atoms with Crippen LogP contribution in [0.2, 0.25) is 5.02 Å². The Bertz CT molecular complexity index is 496. The van der Waals surface area contributed by atoms with Crippen molar-refractivity contribution in [1.29, 1.82) is 0 Å². The molecular weight excluding hydrogens is 242 g/mol. The van der Waals surface area contributed by atoms with Gasteiger partial charge in [0, 0.05) is 10.9 Å². The van der Waals surface area contributed by atoms with Crippen molar-refractivity contribution in [3.05, 3.63) is 33.6 Å². The van der Waals surface area contributed by atoms with Gasteiger partial charge in [-0.2, -0.15) is 0 Å². The van der Waals surface area contributed by atoms with E-state index >= 15 is 0 Å². The van der Waals surface area contributed by atoms with E-state index in [2.05, 4.69) is 4.98 Å². The van der Waals surface area contributed by atoms with Gasteiger partial charge in [0.1, 0.15) is 5.75 Å². The lowest BCUT2D eigenvalue weighted by molar-refractivity contribution is 0.340. The summed E-state index contributed by atoms with van der Waals surface area (Å²) in [5.74, 6) is 0.722. The second-order valence-electron chi connectivity index (χ2n) is 3.33. The van der Waals surface area contributed by atoms with E-state index in [0.717, 1.165) is 22.0 Å². The van der Waals surface area contributed by atoms with Crippen molar-refractivity contribution < 1.29 is 4.74 Å². The normalized spacial score (nSPS) is 10.4. The topological polar surface area (TPSA) is 22.1 Å². The van der Waals surface area contributed by atoms with Gasteiger partial charge in [0.25, 0.3) is 0 Å². The van der Waals surface area contributed by atoms with Crippen LogP contribution in [0.25, 0.3) is 11.3 Å². The summed E-state index contributed by atoms with van der Waals surface area (Å²) in [7, 11) is 0. The van der Waals surface area contributed by atoms with E-state index < -0.39 is 0 Å². The fraction of sp³-hybridized carbons (Fsp3) is 0.250. The number of ether oxygens (including phenoxy) is 1. The van der Waals surface area contributed by atoms with Crippen molar-refractivity contribution in [2.24, 2.45) is 0 Å². The van der Waals surface area contributed by atoms with Crippen LogP contribution in [-0.4, -0.2) is 11.6 Å². The van der Waals surface area contributed by atoms with Crippen LogP contribution in [0.1, 0.15) is 11.9 Å². The highest BCUT2D eigenvalue weighted by Crippen LogP contribution is 2.30. The molecule has 0 amide bonds. The fourth-order valence-electron chi connectivity index (χ4n) is 1.43. The molecule has 0 bridgehead atoms. The van der Waals surface area contributed by atoms with Gasteiger partial charge >= 0.3 is 0 Å². The molecular formula is C12H12ClNOS. The summed E-state index contributed by atoms with van der Waals surface area (Å²) in [5, 5.41) is 3.71. The van der Waals surface area contributed by atoms with Crippen LogP contribution < -0.4 is 4.74 Å². The summed E-state index contributed by atoms with van der Waals surface area (Å²) < 4.78 is 5.38. The maximum atomic E-state index is 6.12. The largest absolute Gasteiger partial charge is 0.492 e. The Morgan fingerprint density at radius 3 is 2.81 bits per heavy atom. The number of hydrogen-bond donors (Lipinski definition) is 0.